The van der Waals surface area contributed by atoms with Crippen molar-refractivity contribution in [2.24, 2.45) is 5.73 Å². The van der Waals surface area contributed by atoms with Gasteiger partial charge in [0, 0.05) is 4.47 Å². The Hall–Kier alpha value is -0.580. The Kier molecular flexibility index (Phi) is 2.51. The van der Waals surface area contributed by atoms with E-state index >= 15 is 0 Å². The standard InChI is InChI=1S/C9H9BrClN3/c1-4(12)9-13-7-2-5(10)6(11)3-8(7)14-9/h2-4H,12H2,1H3,(H,13,14). The van der Waals surface area contributed by atoms with Crippen LogP contribution in [0.2, 0.25) is 5.02 Å². The third-order valence-corrected chi connectivity index (χ3v) is 3.17. The van der Waals surface area contributed by atoms with Gasteiger partial charge in [0.2, 0.25) is 0 Å². The number of hydrogen-bond acceptors (Lipinski definition) is 2. The lowest BCUT2D eigenvalue weighted by Crippen LogP contribution is -2.06. The number of aromatic nitrogens is 2. The highest BCUT2D eigenvalue weighted by Gasteiger charge is 2.08. The Morgan fingerprint density at radius 3 is 2.93 bits per heavy atom. The lowest BCUT2D eigenvalue weighted by Gasteiger charge is -1.96. The highest BCUT2D eigenvalue weighted by atomic mass is 79.9. The van der Waals surface area contributed by atoms with Gasteiger partial charge in [-0.3, -0.25) is 0 Å². The zero-order chi connectivity index (χ0) is 10.3. The summed E-state index contributed by atoms with van der Waals surface area (Å²) in [7, 11) is 0. The molecule has 1 aromatic carbocycles. The molecule has 0 saturated carbocycles. The first-order chi connectivity index (χ1) is 6.58. The minimum atomic E-state index is -0.0973. The van der Waals surface area contributed by atoms with Gasteiger partial charge in [-0.15, -0.1) is 0 Å². The lowest BCUT2D eigenvalue weighted by molar-refractivity contribution is 0.760. The Bertz CT molecular complexity index is 439. The fraction of sp³-hybridized carbons (Fsp3) is 0.222. The first-order valence-corrected chi connectivity index (χ1v) is 5.35. The van der Waals surface area contributed by atoms with Crippen LogP contribution in [0.1, 0.15) is 18.8 Å². The summed E-state index contributed by atoms with van der Waals surface area (Å²) in [5.41, 5.74) is 7.49. The van der Waals surface area contributed by atoms with E-state index in [9.17, 15) is 0 Å². The molecule has 0 aliphatic carbocycles. The SMILES string of the molecule is CC(N)c1nc2cc(Br)c(Cl)cc2[nH]1. The molecule has 2 rings (SSSR count). The molecule has 14 heavy (non-hydrogen) atoms. The van der Waals surface area contributed by atoms with E-state index in [4.69, 9.17) is 17.3 Å². The first kappa shape index (κ1) is 9.96. The zero-order valence-electron chi connectivity index (χ0n) is 7.51. The molecule has 74 valence electrons. The molecule has 0 saturated heterocycles. The van der Waals surface area contributed by atoms with Crippen LogP contribution in [0.5, 0.6) is 0 Å². The molecule has 1 heterocycles. The summed E-state index contributed by atoms with van der Waals surface area (Å²) >= 11 is 9.30. The molecule has 0 spiro atoms. The Morgan fingerprint density at radius 2 is 2.29 bits per heavy atom. The summed E-state index contributed by atoms with van der Waals surface area (Å²) in [5, 5.41) is 0.664. The van der Waals surface area contributed by atoms with E-state index in [0.717, 1.165) is 21.3 Å². The van der Waals surface area contributed by atoms with Gasteiger partial charge in [-0.05, 0) is 35.0 Å². The predicted molar refractivity (Wildman–Crippen MR) is 61.4 cm³/mol. The van der Waals surface area contributed by atoms with Crippen molar-refractivity contribution in [1.29, 1.82) is 0 Å². The van der Waals surface area contributed by atoms with Gasteiger partial charge in [-0.2, -0.15) is 0 Å². The van der Waals surface area contributed by atoms with Crippen LogP contribution in [0.3, 0.4) is 0 Å². The quantitative estimate of drug-likeness (QED) is 0.840. The number of nitrogens with two attached hydrogens (primary N) is 1. The first-order valence-electron chi connectivity index (χ1n) is 4.18. The largest absolute Gasteiger partial charge is 0.341 e. The summed E-state index contributed by atoms with van der Waals surface area (Å²) in [6, 6.07) is 3.61. The van der Waals surface area contributed by atoms with Gasteiger partial charge < -0.3 is 10.7 Å². The van der Waals surface area contributed by atoms with Crippen LogP contribution in [0.25, 0.3) is 11.0 Å². The summed E-state index contributed by atoms with van der Waals surface area (Å²) in [4.78, 5) is 7.47. The lowest BCUT2D eigenvalue weighted by atomic mass is 10.3. The van der Waals surface area contributed by atoms with E-state index < -0.39 is 0 Å². The molecule has 0 aliphatic rings. The van der Waals surface area contributed by atoms with Crippen LogP contribution < -0.4 is 5.73 Å². The van der Waals surface area contributed by atoms with Crippen molar-refractivity contribution in [3.8, 4) is 0 Å². The molecule has 1 aromatic heterocycles. The van der Waals surface area contributed by atoms with Crippen LogP contribution in [-0.4, -0.2) is 9.97 Å². The van der Waals surface area contributed by atoms with Gasteiger partial charge in [0.25, 0.3) is 0 Å². The summed E-state index contributed by atoms with van der Waals surface area (Å²) < 4.78 is 0.842. The van der Waals surface area contributed by atoms with Gasteiger partial charge in [0.1, 0.15) is 5.82 Å². The molecule has 1 atom stereocenters. The molecule has 0 aliphatic heterocycles. The number of hydrogen-bond donors (Lipinski definition) is 2. The van der Waals surface area contributed by atoms with Crippen molar-refractivity contribution in [3.05, 3.63) is 27.5 Å². The summed E-state index contributed by atoms with van der Waals surface area (Å²) in [6.07, 6.45) is 0. The number of halogens is 2. The third-order valence-electron chi connectivity index (χ3n) is 1.97. The number of fused-ring (bicyclic) bond motifs is 1. The molecule has 5 heteroatoms. The summed E-state index contributed by atoms with van der Waals surface area (Å²) in [6.45, 7) is 1.88. The maximum atomic E-state index is 5.95. The van der Waals surface area contributed by atoms with Crippen molar-refractivity contribution in [2.75, 3.05) is 0 Å². The molecule has 1 unspecified atom stereocenters. The molecular weight excluding hydrogens is 265 g/mol. The molecule has 3 N–H and O–H groups in total. The van der Waals surface area contributed by atoms with Gasteiger partial charge in [-0.25, -0.2) is 4.98 Å². The van der Waals surface area contributed by atoms with E-state index in [0.29, 0.717) is 5.02 Å². The van der Waals surface area contributed by atoms with E-state index in [1.54, 1.807) is 0 Å². The Morgan fingerprint density at radius 1 is 1.57 bits per heavy atom. The molecule has 3 nitrogen and oxygen atoms in total. The topological polar surface area (TPSA) is 54.7 Å². The number of rotatable bonds is 1. The predicted octanol–water partition coefficient (Wildman–Crippen LogP) is 3.00. The maximum absolute atomic E-state index is 5.95. The fourth-order valence-electron chi connectivity index (χ4n) is 1.24. The number of benzene rings is 1. The summed E-state index contributed by atoms with van der Waals surface area (Å²) in [5.74, 6) is 0.772. The maximum Gasteiger partial charge on any atom is 0.123 e. The number of H-pyrrole nitrogens is 1. The molecule has 0 radical (unpaired) electrons. The van der Waals surface area contributed by atoms with Crippen LogP contribution in [-0.2, 0) is 0 Å². The minimum Gasteiger partial charge on any atom is -0.341 e. The fourth-order valence-corrected chi connectivity index (χ4v) is 1.74. The smallest absolute Gasteiger partial charge is 0.123 e. The highest BCUT2D eigenvalue weighted by Crippen LogP contribution is 2.27. The Labute approximate surface area is 94.8 Å². The second-order valence-electron chi connectivity index (χ2n) is 3.19. The van der Waals surface area contributed by atoms with Crippen LogP contribution in [0, 0.1) is 0 Å². The number of aromatic amines is 1. The number of nitrogens with one attached hydrogen (secondary N) is 1. The van der Waals surface area contributed by atoms with Crippen LogP contribution in [0.4, 0.5) is 0 Å². The zero-order valence-corrected chi connectivity index (χ0v) is 9.85. The molecular formula is C9H9BrClN3. The van der Waals surface area contributed by atoms with Crippen LogP contribution in [0.15, 0.2) is 16.6 Å². The molecule has 2 aromatic rings. The molecule has 0 amide bonds. The number of imidazole rings is 1. The second-order valence-corrected chi connectivity index (χ2v) is 4.46. The van der Waals surface area contributed by atoms with E-state index in [2.05, 4.69) is 25.9 Å². The highest BCUT2D eigenvalue weighted by molar-refractivity contribution is 9.10. The van der Waals surface area contributed by atoms with E-state index in [1.165, 1.54) is 0 Å². The van der Waals surface area contributed by atoms with Gasteiger partial charge >= 0.3 is 0 Å². The average Bonchev–Trinajstić information content (AvgIpc) is 2.48. The van der Waals surface area contributed by atoms with Gasteiger partial charge in [0.15, 0.2) is 0 Å². The van der Waals surface area contributed by atoms with Crippen molar-refractivity contribution < 1.29 is 0 Å². The number of nitrogens with zero attached hydrogens (tertiary/aromatic N) is 1. The van der Waals surface area contributed by atoms with Crippen molar-refractivity contribution >= 4 is 38.6 Å². The van der Waals surface area contributed by atoms with Crippen molar-refractivity contribution in [2.45, 2.75) is 13.0 Å². The monoisotopic (exact) mass is 273 g/mol. The van der Waals surface area contributed by atoms with Gasteiger partial charge in [0.05, 0.1) is 22.1 Å². The third kappa shape index (κ3) is 1.65. The molecule has 0 bridgehead atoms. The van der Waals surface area contributed by atoms with Crippen LogP contribution >= 0.6 is 27.5 Å². The van der Waals surface area contributed by atoms with E-state index in [1.807, 2.05) is 19.1 Å². The second kappa shape index (κ2) is 3.53. The normalized spacial score (nSPS) is 13.4. The van der Waals surface area contributed by atoms with Crippen molar-refractivity contribution in [3.63, 3.8) is 0 Å². The average molecular weight is 275 g/mol. The van der Waals surface area contributed by atoms with Crippen molar-refractivity contribution in [1.82, 2.24) is 9.97 Å². The van der Waals surface area contributed by atoms with Gasteiger partial charge in [-0.1, -0.05) is 11.6 Å². The Balaban J connectivity index is 2.66. The molecule has 0 fully saturated rings. The van der Waals surface area contributed by atoms with E-state index in [-0.39, 0.29) is 6.04 Å². The minimum absolute atomic E-state index is 0.0973.